The van der Waals surface area contributed by atoms with Crippen molar-refractivity contribution < 1.29 is 9.90 Å². The number of amides is 1. The number of nitrogens with zero attached hydrogens (tertiary/aromatic N) is 3. The summed E-state index contributed by atoms with van der Waals surface area (Å²) in [5.74, 6) is -0.185. The van der Waals surface area contributed by atoms with Crippen LogP contribution in [0, 0.1) is 0 Å². The molecule has 1 amide bonds. The Morgan fingerprint density at radius 3 is 2.62 bits per heavy atom. The molecule has 0 fully saturated rings. The van der Waals surface area contributed by atoms with Crippen molar-refractivity contribution in [1.82, 2.24) is 20.3 Å². The molecular formula is C19H20N4O3. The van der Waals surface area contributed by atoms with Gasteiger partial charge in [0, 0.05) is 13.0 Å². The van der Waals surface area contributed by atoms with Crippen LogP contribution in [0.15, 0.2) is 59.4 Å². The van der Waals surface area contributed by atoms with Crippen molar-refractivity contribution in [3.05, 3.63) is 70.5 Å². The first kappa shape index (κ1) is 17.8. The lowest BCUT2D eigenvalue weighted by atomic mass is 10.1. The fourth-order valence-corrected chi connectivity index (χ4v) is 2.75. The second kappa shape index (κ2) is 8.35. The van der Waals surface area contributed by atoms with Crippen molar-refractivity contribution in [1.29, 1.82) is 0 Å². The lowest BCUT2D eigenvalue weighted by Gasteiger charge is -2.16. The molecule has 3 rings (SSSR count). The van der Waals surface area contributed by atoms with Crippen LogP contribution in [-0.2, 0) is 11.3 Å². The largest absolute Gasteiger partial charge is 0.394 e. The minimum atomic E-state index is -0.438. The molecule has 3 aromatic rings. The molecule has 0 bridgehead atoms. The third kappa shape index (κ3) is 4.12. The van der Waals surface area contributed by atoms with Crippen LogP contribution >= 0.6 is 0 Å². The van der Waals surface area contributed by atoms with Crippen molar-refractivity contribution in [3.63, 3.8) is 0 Å². The number of aromatic nitrogens is 3. The maximum absolute atomic E-state index is 12.3. The number of hydrogen-bond donors (Lipinski definition) is 2. The molecule has 1 aromatic heterocycles. The minimum Gasteiger partial charge on any atom is -0.394 e. The average molecular weight is 352 g/mol. The fourth-order valence-electron chi connectivity index (χ4n) is 2.75. The Labute approximate surface area is 150 Å². The molecule has 1 heterocycles. The van der Waals surface area contributed by atoms with E-state index in [-0.39, 0.29) is 24.5 Å². The molecule has 0 aliphatic rings. The van der Waals surface area contributed by atoms with Crippen LogP contribution in [0.5, 0.6) is 0 Å². The highest BCUT2D eigenvalue weighted by Gasteiger charge is 2.13. The van der Waals surface area contributed by atoms with E-state index in [1.54, 1.807) is 24.3 Å². The monoisotopic (exact) mass is 352 g/mol. The summed E-state index contributed by atoms with van der Waals surface area (Å²) in [7, 11) is 0. The molecule has 7 heteroatoms. The second-order valence-corrected chi connectivity index (χ2v) is 5.95. The van der Waals surface area contributed by atoms with Gasteiger partial charge in [-0.15, -0.1) is 5.10 Å². The molecule has 0 aliphatic heterocycles. The SMILES string of the molecule is O=C(CCCn1nnc2ccccc2c1=O)N[C@H](CO)c1ccccc1. The van der Waals surface area contributed by atoms with Gasteiger partial charge in [0.25, 0.3) is 5.56 Å². The molecule has 2 aromatic carbocycles. The first-order chi connectivity index (χ1) is 12.7. The van der Waals surface area contributed by atoms with Crippen LogP contribution < -0.4 is 10.9 Å². The Morgan fingerprint density at radius 2 is 1.85 bits per heavy atom. The van der Waals surface area contributed by atoms with Crippen molar-refractivity contribution in [2.24, 2.45) is 0 Å². The molecule has 2 N–H and O–H groups in total. The van der Waals surface area contributed by atoms with E-state index in [4.69, 9.17) is 0 Å². The van der Waals surface area contributed by atoms with E-state index in [2.05, 4.69) is 15.6 Å². The molecule has 1 atom stereocenters. The third-order valence-corrected chi connectivity index (χ3v) is 4.12. The summed E-state index contributed by atoms with van der Waals surface area (Å²) in [6.45, 7) is 0.130. The molecular weight excluding hydrogens is 332 g/mol. The zero-order chi connectivity index (χ0) is 18.4. The molecule has 0 saturated carbocycles. The van der Waals surface area contributed by atoms with E-state index >= 15 is 0 Å². The van der Waals surface area contributed by atoms with Gasteiger partial charge in [-0.25, -0.2) is 4.68 Å². The van der Waals surface area contributed by atoms with Gasteiger partial charge in [0.2, 0.25) is 5.91 Å². The van der Waals surface area contributed by atoms with Crippen molar-refractivity contribution in [3.8, 4) is 0 Å². The molecule has 134 valence electrons. The van der Waals surface area contributed by atoms with E-state index < -0.39 is 6.04 Å². The number of fused-ring (bicyclic) bond motifs is 1. The van der Waals surface area contributed by atoms with Crippen molar-refractivity contribution >= 4 is 16.8 Å². The van der Waals surface area contributed by atoms with Gasteiger partial charge in [-0.3, -0.25) is 9.59 Å². The zero-order valence-corrected chi connectivity index (χ0v) is 14.2. The normalized spacial score (nSPS) is 12.0. The van der Waals surface area contributed by atoms with Crippen molar-refractivity contribution in [2.45, 2.75) is 25.4 Å². The van der Waals surface area contributed by atoms with Gasteiger partial charge in [0.1, 0.15) is 5.52 Å². The summed E-state index contributed by atoms with van der Waals surface area (Å²) in [6.07, 6.45) is 0.677. The molecule has 0 saturated heterocycles. The number of nitrogens with one attached hydrogen (secondary N) is 1. The maximum Gasteiger partial charge on any atom is 0.277 e. The highest BCUT2D eigenvalue weighted by atomic mass is 16.3. The van der Waals surface area contributed by atoms with Crippen LogP contribution in [0.3, 0.4) is 0 Å². The molecule has 0 radical (unpaired) electrons. The molecule has 0 unspecified atom stereocenters. The number of carbonyl (C=O) groups is 1. The Morgan fingerprint density at radius 1 is 1.12 bits per heavy atom. The Bertz CT molecular complexity index is 940. The average Bonchev–Trinajstić information content (AvgIpc) is 2.69. The van der Waals surface area contributed by atoms with E-state index in [0.717, 1.165) is 5.56 Å². The summed E-state index contributed by atoms with van der Waals surface area (Å²) >= 11 is 0. The number of aliphatic hydroxyl groups is 1. The Kier molecular flexibility index (Phi) is 5.70. The fraction of sp³-hybridized carbons (Fsp3) is 0.263. The van der Waals surface area contributed by atoms with Crippen LogP contribution in [-0.4, -0.2) is 32.6 Å². The predicted molar refractivity (Wildman–Crippen MR) is 97.4 cm³/mol. The number of aryl methyl sites for hydroxylation is 1. The Hall–Kier alpha value is -3.06. The van der Waals surface area contributed by atoms with Gasteiger partial charge in [-0.2, -0.15) is 0 Å². The van der Waals surface area contributed by atoms with Gasteiger partial charge in [0.15, 0.2) is 0 Å². The van der Waals surface area contributed by atoms with Gasteiger partial charge in [0.05, 0.1) is 18.0 Å². The van der Waals surface area contributed by atoms with Crippen LogP contribution in [0.1, 0.15) is 24.4 Å². The highest BCUT2D eigenvalue weighted by molar-refractivity contribution is 5.77. The van der Waals surface area contributed by atoms with E-state index in [1.165, 1.54) is 4.68 Å². The van der Waals surface area contributed by atoms with Crippen molar-refractivity contribution in [2.75, 3.05) is 6.61 Å². The number of rotatable bonds is 7. The predicted octanol–water partition coefficient (Wildman–Crippen LogP) is 1.42. The van der Waals surface area contributed by atoms with Gasteiger partial charge in [-0.1, -0.05) is 47.7 Å². The quantitative estimate of drug-likeness (QED) is 0.670. The smallest absolute Gasteiger partial charge is 0.277 e. The Balaban J connectivity index is 1.57. The topological polar surface area (TPSA) is 97.1 Å². The summed E-state index contributed by atoms with van der Waals surface area (Å²) in [5.41, 5.74) is 1.19. The summed E-state index contributed by atoms with van der Waals surface area (Å²) in [6, 6.07) is 15.9. The second-order valence-electron chi connectivity index (χ2n) is 5.95. The van der Waals surface area contributed by atoms with Gasteiger partial charge in [-0.05, 0) is 24.1 Å². The standard InChI is InChI=1S/C19H20N4O3/c24-13-17(14-7-2-1-3-8-14)20-18(25)11-6-12-23-19(26)15-9-4-5-10-16(15)21-22-23/h1-5,7-10,17,24H,6,11-13H2,(H,20,25)/t17-/m1/s1. The summed E-state index contributed by atoms with van der Waals surface area (Å²) < 4.78 is 1.27. The lowest BCUT2D eigenvalue weighted by molar-refractivity contribution is -0.122. The summed E-state index contributed by atoms with van der Waals surface area (Å²) in [5, 5.41) is 20.7. The molecule has 26 heavy (non-hydrogen) atoms. The van der Waals surface area contributed by atoms with Crippen LogP contribution in [0.4, 0.5) is 0 Å². The number of carbonyl (C=O) groups excluding carboxylic acids is 1. The van der Waals surface area contributed by atoms with Crippen LogP contribution in [0.25, 0.3) is 10.9 Å². The number of hydrogen-bond acceptors (Lipinski definition) is 5. The van der Waals surface area contributed by atoms with E-state index in [9.17, 15) is 14.7 Å². The van der Waals surface area contributed by atoms with E-state index in [1.807, 2.05) is 30.3 Å². The third-order valence-electron chi connectivity index (χ3n) is 4.12. The maximum atomic E-state index is 12.3. The first-order valence-corrected chi connectivity index (χ1v) is 8.47. The summed E-state index contributed by atoms with van der Waals surface area (Å²) in [4.78, 5) is 24.5. The lowest BCUT2D eigenvalue weighted by Crippen LogP contribution is -2.31. The van der Waals surface area contributed by atoms with Gasteiger partial charge < -0.3 is 10.4 Å². The first-order valence-electron chi connectivity index (χ1n) is 8.47. The molecule has 7 nitrogen and oxygen atoms in total. The number of benzene rings is 2. The highest BCUT2D eigenvalue weighted by Crippen LogP contribution is 2.12. The van der Waals surface area contributed by atoms with Gasteiger partial charge >= 0.3 is 0 Å². The zero-order valence-electron chi connectivity index (χ0n) is 14.2. The molecule has 0 aliphatic carbocycles. The van der Waals surface area contributed by atoms with Crippen LogP contribution in [0.2, 0.25) is 0 Å². The molecule has 0 spiro atoms. The number of aliphatic hydroxyl groups excluding tert-OH is 1. The van der Waals surface area contributed by atoms with E-state index in [0.29, 0.717) is 23.9 Å². The minimum absolute atomic E-state index is 0.175.